The van der Waals surface area contributed by atoms with Gasteiger partial charge in [0.05, 0.1) is 18.6 Å². The van der Waals surface area contributed by atoms with Gasteiger partial charge in [0.25, 0.3) is 0 Å². The number of benzene rings is 1. The summed E-state index contributed by atoms with van der Waals surface area (Å²) in [5.74, 6) is 1.88. The molecular formula is C13H17N3O2. The second-order valence-corrected chi connectivity index (χ2v) is 4.64. The van der Waals surface area contributed by atoms with Crippen LogP contribution in [0.4, 0.5) is 0 Å². The van der Waals surface area contributed by atoms with Gasteiger partial charge in [-0.25, -0.2) is 0 Å². The van der Waals surface area contributed by atoms with Crippen molar-refractivity contribution in [3.8, 4) is 5.75 Å². The average Bonchev–Trinajstić information content (AvgIpc) is 2.79. The van der Waals surface area contributed by atoms with E-state index in [1.165, 1.54) is 0 Å². The number of aromatic nitrogens is 2. The molecule has 2 aromatic rings. The van der Waals surface area contributed by atoms with E-state index in [1.807, 2.05) is 44.2 Å². The molecule has 0 amide bonds. The van der Waals surface area contributed by atoms with Crippen LogP contribution in [-0.4, -0.2) is 16.7 Å². The van der Waals surface area contributed by atoms with Crippen LogP contribution in [0.1, 0.15) is 25.6 Å². The van der Waals surface area contributed by atoms with Crippen LogP contribution < -0.4 is 10.5 Å². The van der Waals surface area contributed by atoms with E-state index in [0.29, 0.717) is 24.7 Å². The summed E-state index contributed by atoms with van der Waals surface area (Å²) in [5.41, 5.74) is 5.29. The summed E-state index contributed by atoms with van der Waals surface area (Å²) in [5, 5.41) is 3.85. The fourth-order valence-electron chi connectivity index (χ4n) is 1.39. The third-order valence-electron chi connectivity index (χ3n) is 2.37. The molecule has 1 aromatic carbocycles. The fraction of sp³-hybridized carbons (Fsp3) is 0.385. The Balaban J connectivity index is 1.86. The van der Waals surface area contributed by atoms with Crippen molar-refractivity contribution >= 4 is 0 Å². The lowest BCUT2D eigenvalue weighted by Crippen LogP contribution is -2.30. The van der Waals surface area contributed by atoms with Gasteiger partial charge in [0, 0.05) is 0 Å². The molecule has 0 unspecified atom stereocenters. The molecule has 0 fully saturated rings. The predicted octanol–water partition coefficient (Wildman–Crippen LogP) is 1.88. The Kier molecular flexibility index (Phi) is 3.62. The van der Waals surface area contributed by atoms with Crippen LogP contribution in [0.25, 0.3) is 0 Å². The number of para-hydroxylation sites is 1. The molecule has 1 heterocycles. The summed E-state index contributed by atoms with van der Waals surface area (Å²) in [6, 6.07) is 9.61. The van der Waals surface area contributed by atoms with Gasteiger partial charge in [-0.3, -0.25) is 0 Å². The number of nitrogens with zero attached hydrogens (tertiary/aromatic N) is 2. The molecule has 0 radical (unpaired) electrons. The predicted molar refractivity (Wildman–Crippen MR) is 67.2 cm³/mol. The molecule has 0 aliphatic carbocycles. The number of hydrogen-bond donors (Lipinski definition) is 1. The molecule has 18 heavy (non-hydrogen) atoms. The molecule has 0 aliphatic heterocycles. The van der Waals surface area contributed by atoms with Crippen molar-refractivity contribution in [3.05, 3.63) is 42.0 Å². The van der Waals surface area contributed by atoms with Gasteiger partial charge in [-0.15, -0.1) is 0 Å². The van der Waals surface area contributed by atoms with Crippen LogP contribution in [0, 0.1) is 0 Å². The van der Waals surface area contributed by atoms with Crippen LogP contribution in [-0.2, 0) is 12.0 Å². The van der Waals surface area contributed by atoms with Gasteiger partial charge in [-0.05, 0) is 26.0 Å². The lowest BCUT2D eigenvalue weighted by atomic mass is 10.1. The second-order valence-electron chi connectivity index (χ2n) is 4.64. The van der Waals surface area contributed by atoms with Crippen molar-refractivity contribution in [3.63, 3.8) is 0 Å². The Morgan fingerprint density at radius 3 is 2.61 bits per heavy atom. The van der Waals surface area contributed by atoms with Crippen molar-refractivity contribution in [1.29, 1.82) is 0 Å². The lowest BCUT2D eigenvalue weighted by molar-refractivity contribution is 0.291. The maximum Gasteiger partial charge on any atom is 0.230 e. The van der Waals surface area contributed by atoms with E-state index in [4.69, 9.17) is 15.0 Å². The van der Waals surface area contributed by atoms with Gasteiger partial charge in [0.2, 0.25) is 5.89 Å². The Hall–Kier alpha value is -1.88. The number of ether oxygens (including phenoxy) is 1. The molecule has 5 heteroatoms. The quantitative estimate of drug-likeness (QED) is 0.873. The van der Waals surface area contributed by atoms with Crippen LogP contribution in [0.3, 0.4) is 0 Å². The van der Waals surface area contributed by atoms with E-state index in [0.717, 1.165) is 5.75 Å². The molecule has 0 saturated carbocycles. The van der Waals surface area contributed by atoms with Crippen LogP contribution in [0.2, 0.25) is 0 Å². The molecule has 1 aromatic heterocycles. The third kappa shape index (κ3) is 3.30. The molecule has 0 saturated heterocycles. The van der Waals surface area contributed by atoms with Crippen LogP contribution >= 0.6 is 0 Å². The fourth-order valence-corrected chi connectivity index (χ4v) is 1.39. The van der Waals surface area contributed by atoms with Gasteiger partial charge in [-0.1, -0.05) is 23.4 Å². The molecule has 2 N–H and O–H groups in total. The molecule has 96 valence electrons. The molecule has 0 aliphatic rings. The highest BCUT2D eigenvalue weighted by Gasteiger charge is 2.21. The zero-order valence-corrected chi connectivity index (χ0v) is 10.6. The van der Waals surface area contributed by atoms with E-state index in [1.54, 1.807) is 0 Å². The van der Waals surface area contributed by atoms with E-state index in [-0.39, 0.29) is 0 Å². The topological polar surface area (TPSA) is 74.2 Å². The zero-order chi connectivity index (χ0) is 13.0. The van der Waals surface area contributed by atoms with E-state index < -0.39 is 5.54 Å². The Morgan fingerprint density at radius 2 is 2.00 bits per heavy atom. The first-order chi connectivity index (χ1) is 8.55. The number of rotatable bonds is 5. The largest absolute Gasteiger partial charge is 0.493 e. The maximum atomic E-state index is 5.87. The second kappa shape index (κ2) is 5.18. The SMILES string of the molecule is CC(C)(N)c1noc(CCOc2ccccc2)n1. The first-order valence-electron chi connectivity index (χ1n) is 5.85. The highest BCUT2D eigenvalue weighted by molar-refractivity contribution is 5.20. The van der Waals surface area contributed by atoms with Crippen molar-refractivity contribution in [2.24, 2.45) is 5.73 Å². The molecule has 2 rings (SSSR count). The Morgan fingerprint density at radius 1 is 1.28 bits per heavy atom. The minimum absolute atomic E-state index is 0.497. The van der Waals surface area contributed by atoms with Crippen molar-refractivity contribution in [2.45, 2.75) is 25.8 Å². The summed E-state index contributed by atoms with van der Waals surface area (Å²) >= 11 is 0. The van der Waals surface area contributed by atoms with E-state index >= 15 is 0 Å². The summed E-state index contributed by atoms with van der Waals surface area (Å²) in [4.78, 5) is 4.23. The minimum Gasteiger partial charge on any atom is -0.493 e. The zero-order valence-electron chi connectivity index (χ0n) is 10.6. The average molecular weight is 247 g/mol. The molecule has 5 nitrogen and oxygen atoms in total. The first kappa shape index (κ1) is 12.6. The van der Waals surface area contributed by atoms with Crippen LogP contribution in [0.15, 0.2) is 34.9 Å². The van der Waals surface area contributed by atoms with Gasteiger partial charge < -0.3 is 15.0 Å². The van der Waals surface area contributed by atoms with Crippen molar-refractivity contribution in [1.82, 2.24) is 10.1 Å². The van der Waals surface area contributed by atoms with Crippen LogP contribution in [0.5, 0.6) is 5.75 Å². The Bertz CT molecular complexity index is 488. The molecule has 0 spiro atoms. The Labute approximate surface area is 106 Å². The van der Waals surface area contributed by atoms with E-state index in [9.17, 15) is 0 Å². The van der Waals surface area contributed by atoms with E-state index in [2.05, 4.69) is 10.1 Å². The van der Waals surface area contributed by atoms with Crippen molar-refractivity contribution in [2.75, 3.05) is 6.61 Å². The minimum atomic E-state index is -0.581. The third-order valence-corrected chi connectivity index (χ3v) is 2.37. The maximum absolute atomic E-state index is 5.87. The van der Waals surface area contributed by atoms with Crippen molar-refractivity contribution < 1.29 is 9.26 Å². The summed E-state index contributed by atoms with van der Waals surface area (Å²) in [6.45, 7) is 4.17. The van der Waals surface area contributed by atoms with Gasteiger partial charge >= 0.3 is 0 Å². The molecule has 0 atom stereocenters. The summed E-state index contributed by atoms with van der Waals surface area (Å²) < 4.78 is 10.7. The molecular weight excluding hydrogens is 230 g/mol. The van der Waals surface area contributed by atoms with Gasteiger partial charge in [0.1, 0.15) is 5.75 Å². The smallest absolute Gasteiger partial charge is 0.230 e. The number of hydrogen-bond acceptors (Lipinski definition) is 5. The lowest BCUT2D eigenvalue weighted by Gasteiger charge is -2.11. The summed E-state index contributed by atoms with van der Waals surface area (Å²) in [6.07, 6.45) is 0.567. The summed E-state index contributed by atoms with van der Waals surface area (Å²) in [7, 11) is 0. The standard InChI is InChI=1S/C13H17N3O2/c1-13(2,14)12-15-11(18-16-12)8-9-17-10-6-4-3-5-7-10/h3-7H,8-9,14H2,1-2H3. The molecule has 0 bridgehead atoms. The monoisotopic (exact) mass is 247 g/mol. The van der Waals surface area contributed by atoms with Gasteiger partial charge in [0.15, 0.2) is 5.82 Å². The number of nitrogens with two attached hydrogens (primary N) is 1. The normalized spacial score (nSPS) is 11.5. The highest BCUT2D eigenvalue weighted by atomic mass is 16.5. The van der Waals surface area contributed by atoms with Gasteiger partial charge in [-0.2, -0.15) is 4.98 Å². The first-order valence-corrected chi connectivity index (χ1v) is 5.85. The highest BCUT2D eigenvalue weighted by Crippen LogP contribution is 2.13.